The fourth-order valence-electron chi connectivity index (χ4n) is 1.76. The molecule has 5 heteroatoms. The summed E-state index contributed by atoms with van der Waals surface area (Å²) in [6.45, 7) is 5.88. The molecule has 0 aliphatic rings. The highest BCUT2D eigenvalue weighted by molar-refractivity contribution is 5.94. The Kier molecular flexibility index (Phi) is 2.34. The average Bonchev–Trinajstić information content (AvgIpc) is 2.55. The number of aromatic nitrogens is 2. The third kappa shape index (κ3) is 1.84. The van der Waals surface area contributed by atoms with Crippen molar-refractivity contribution in [1.29, 1.82) is 0 Å². The maximum atomic E-state index is 11.1. The predicted molar refractivity (Wildman–Crippen MR) is 62.5 cm³/mol. The molecule has 2 aromatic heterocycles. The molecule has 0 bridgehead atoms. The minimum atomic E-state index is -1.09. The zero-order chi connectivity index (χ0) is 12.8. The number of aromatic carboxylic acids is 1. The molecule has 0 spiro atoms. The zero-order valence-corrected chi connectivity index (χ0v) is 9.93. The molecule has 0 atom stereocenters. The van der Waals surface area contributed by atoms with Crippen molar-refractivity contribution in [3.8, 4) is 5.75 Å². The lowest BCUT2D eigenvalue weighted by Crippen LogP contribution is -2.15. The van der Waals surface area contributed by atoms with Gasteiger partial charge < -0.3 is 14.6 Å². The number of nitrogens with zero attached hydrogens (tertiary/aromatic N) is 2. The van der Waals surface area contributed by atoms with Gasteiger partial charge >= 0.3 is 5.97 Å². The molecule has 2 aromatic rings. The van der Waals surface area contributed by atoms with Gasteiger partial charge in [0, 0.05) is 17.7 Å². The Morgan fingerprint density at radius 3 is 2.59 bits per heavy atom. The van der Waals surface area contributed by atoms with Gasteiger partial charge in [-0.1, -0.05) is 20.8 Å². The quantitative estimate of drug-likeness (QED) is 0.791. The number of aromatic hydroxyl groups is 1. The Hall–Kier alpha value is -2.04. The first-order chi connectivity index (χ1) is 7.80. The van der Waals surface area contributed by atoms with E-state index < -0.39 is 5.97 Å². The maximum absolute atomic E-state index is 11.1. The van der Waals surface area contributed by atoms with E-state index in [0.717, 1.165) is 0 Å². The lowest BCUT2D eigenvalue weighted by Gasteiger charge is -2.16. The summed E-state index contributed by atoms with van der Waals surface area (Å²) in [7, 11) is 0. The van der Waals surface area contributed by atoms with E-state index in [1.807, 2.05) is 20.8 Å². The molecule has 17 heavy (non-hydrogen) atoms. The maximum Gasteiger partial charge on any atom is 0.356 e. The first-order valence-corrected chi connectivity index (χ1v) is 5.25. The van der Waals surface area contributed by atoms with E-state index in [9.17, 15) is 9.90 Å². The van der Waals surface area contributed by atoms with E-state index in [1.165, 1.54) is 12.1 Å². The first kappa shape index (κ1) is 11.4. The van der Waals surface area contributed by atoms with Crippen LogP contribution in [0.5, 0.6) is 5.75 Å². The molecule has 0 saturated carbocycles. The number of carboxylic acids is 1. The van der Waals surface area contributed by atoms with Crippen molar-refractivity contribution in [2.75, 3.05) is 0 Å². The third-order valence-electron chi connectivity index (χ3n) is 2.50. The van der Waals surface area contributed by atoms with Crippen LogP contribution in [0.1, 0.15) is 37.1 Å². The van der Waals surface area contributed by atoms with Crippen molar-refractivity contribution in [1.82, 2.24) is 9.38 Å². The summed E-state index contributed by atoms with van der Waals surface area (Å²) in [5.41, 5.74) is 0.0985. The number of hydrogen-bond donors (Lipinski definition) is 2. The fourth-order valence-corrected chi connectivity index (χ4v) is 1.76. The van der Waals surface area contributed by atoms with Crippen LogP contribution in [0.3, 0.4) is 0 Å². The molecule has 0 unspecified atom stereocenters. The summed E-state index contributed by atoms with van der Waals surface area (Å²) in [5.74, 6) is -0.408. The highest BCUT2D eigenvalue weighted by Gasteiger charge is 2.25. The Labute approximate surface area is 98.3 Å². The van der Waals surface area contributed by atoms with Gasteiger partial charge in [-0.25, -0.2) is 9.78 Å². The smallest absolute Gasteiger partial charge is 0.356 e. The third-order valence-corrected chi connectivity index (χ3v) is 2.50. The molecule has 0 fully saturated rings. The van der Waals surface area contributed by atoms with Crippen LogP contribution in [0.25, 0.3) is 5.52 Å². The second kappa shape index (κ2) is 3.48. The van der Waals surface area contributed by atoms with E-state index in [0.29, 0.717) is 11.3 Å². The molecule has 0 amide bonds. The predicted octanol–water partition coefficient (Wildman–Crippen LogP) is 2.04. The lowest BCUT2D eigenvalue weighted by molar-refractivity contribution is 0.0693. The number of carboxylic acid groups (broad SMARTS) is 1. The minimum Gasteiger partial charge on any atom is -0.508 e. The van der Waals surface area contributed by atoms with E-state index in [2.05, 4.69) is 4.98 Å². The molecule has 5 nitrogen and oxygen atoms in total. The van der Waals surface area contributed by atoms with E-state index in [-0.39, 0.29) is 16.9 Å². The number of rotatable bonds is 1. The molecule has 90 valence electrons. The van der Waals surface area contributed by atoms with Gasteiger partial charge in [0.05, 0.1) is 5.52 Å². The molecule has 2 heterocycles. The zero-order valence-electron chi connectivity index (χ0n) is 9.93. The van der Waals surface area contributed by atoms with Gasteiger partial charge in [0.1, 0.15) is 11.6 Å². The molecule has 2 rings (SSSR count). The van der Waals surface area contributed by atoms with E-state index >= 15 is 0 Å². The second-order valence-corrected chi connectivity index (χ2v) is 4.98. The van der Waals surface area contributed by atoms with Crippen molar-refractivity contribution in [2.45, 2.75) is 26.2 Å². The number of hydrogen-bond acceptors (Lipinski definition) is 3. The summed E-state index contributed by atoms with van der Waals surface area (Å²) in [5, 5.41) is 18.5. The largest absolute Gasteiger partial charge is 0.508 e. The van der Waals surface area contributed by atoms with Crippen LogP contribution in [-0.4, -0.2) is 25.6 Å². The van der Waals surface area contributed by atoms with Crippen LogP contribution in [0.4, 0.5) is 0 Å². The van der Waals surface area contributed by atoms with Gasteiger partial charge in [0.15, 0.2) is 5.69 Å². The number of imidazole rings is 1. The van der Waals surface area contributed by atoms with Crippen LogP contribution in [0.15, 0.2) is 18.3 Å². The number of fused-ring (bicyclic) bond motifs is 1. The molecular weight excluding hydrogens is 220 g/mol. The fraction of sp³-hybridized carbons (Fsp3) is 0.333. The number of pyridine rings is 1. The van der Waals surface area contributed by atoms with Gasteiger partial charge in [-0.3, -0.25) is 0 Å². The molecule has 0 saturated heterocycles. The van der Waals surface area contributed by atoms with Crippen molar-refractivity contribution >= 4 is 11.5 Å². The normalized spacial score (nSPS) is 11.9. The molecule has 0 aliphatic carbocycles. The highest BCUT2D eigenvalue weighted by atomic mass is 16.4. The summed E-state index contributed by atoms with van der Waals surface area (Å²) < 4.78 is 1.70. The van der Waals surface area contributed by atoms with Crippen molar-refractivity contribution in [3.05, 3.63) is 29.8 Å². The second-order valence-electron chi connectivity index (χ2n) is 4.98. The Morgan fingerprint density at radius 2 is 2.06 bits per heavy atom. The summed E-state index contributed by atoms with van der Waals surface area (Å²) in [6.07, 6.45) is 1.63. The van der Waals surface area contributed by atoms with Crippen LogP contribution < -0.4 is 0 Å². The number of carbonyl (C=O) groups is 1. The van der Waals surface area contributed by atoms with Crippen molar-refractivity contribution < 1.29 is 15.0 Å². The summed E-state index contributed by atoms with van der Waals surface area (Å²) in [4.78, 5) is 15.3. The molecule has 2 N–H and O–H groups in total. The Morgan fingerprint density at radius 1 is 1.41 bits per heavy atom. The summed E-state index contributed by atoms with van der Waals surface area (Å²) >= 11 is 0. The van der Waals surface area contributed by atoms with Crippen molar-refractivity contribution in [3.63, 3.8) is 0 Å². The monoisotopic (exact) mass is 234 g/mol. The van der Waals surface area contributed by atoms with Gasteiger partial charge in [-0.2, -0.15) is 0 Å². The SMILES string of the molecule is CC(C)(C)c1nc(C(=O)O)c2cc(O)ccn12. The highest BCUT2D eigenvalue weighted by Crippen LogP contribution is 2.26. The average molecular weight is 234 g/mol. The van der Waals surface area contributed by atoms with Crippen molar-refractivity contribution in [2.24, 2.45) is 0 Å². The van der Waals surface area contributed by atoms with Crippen LogP contribution in [-0.2, 0) is 5.41 Å². The minimum absolute atomic E-state index is 0.0281. The lowest BCUT2D eigenvalue weighted by atomic mass is 9.96. The van der Waals surface area contributed by atoms with E-state index in [4.69, 9.17) is 5.11 Å². The van der Waals surface area contributed by atoms with Gasteiger partial charge in [0.25, 0.3) is 0 Å². The Balaban J connectivity index is 2.85. The molecular formula is C12H14N2O3. The summed E-state index contributed by atoms with van der Waals surface area (Å²) in [6, 6.07) is 2.92. The molecule has 0 aromatic carbocycles. The van der Waals surface area contributed by atoms with Crippen LogP contribution >= 0.6 is 0 Å². The Bertz CT molecular complexity index is 594. The standard InChI is InChI=1S/C12H14N2O3/c1-12(2,3)11-13-9(10(16)17)8-6-7(15)4-5-14(8)11/h4-6,15H,1-3H3,(H,16,17). The first-order valence-electron chi connectivity index (χ1n) is 5.25. The van der Waals surface area contributed by atoms with E-state index in [1.54, 1.807) is 10.6 Å². The topological polar surface area (TPSA) is 74.8 Å². The molecule has 0 aliphatic heterocycles. The molecule has 0 radical (unpaired) electrons. The van der Waals surface area contributed by atoms with Crippen LogP contribution in [0.2, 0.25) is 0 Å². The van der Waals surface area contributed by atoms with Gasteiger partial charge in [-0.05, 0) is 6.07 Å². The van der Waals surface area contributed by atoms with Gasteiger partial charge in [-0.15, -0.1) is 0 Å². The van der Waals surface area contributed by atoms with Gasteiger partial charge in [0.2, 0.25) is 0 Å². The van der Waals surface area contributed by atoms with Crippen LogP contribution in [0, 0.1) is 0 Å².